The highest BCUT2D eigenvalue weighted by Gasteiger charge is 2.25. The van der Waals surface area contributed by atoms with Crippen LogP contribution in [0.15, 0.2) is 36.4 Å². The molecule has 3 nitrogen and oxygen atoms in total. The number of halogens is 1. The Labute approximate surface area is 117 Å². The largest absolute Gasteiger partial charge is 0.508 e. The fourth-order valence-corrected chi connectivity index (χ4v) is 2.76. The van der Waals surface area contributed by atoms with Crippen LogP contribution in [0.1, 0.15) is 23.6 Å². The van der Waals surface area contributed by atoms with Crippen molar-refractivity contribution in [2.45, 2.75) is 18.9 Å². The first-order chi connectivity index (χ1) is 9.69. The second kappa shape index (κ2) is 5.04. The van der Waals surface area contributed by atoms with E-state index in [1.54, 1.807) is 12.1 Å². The molecule has 0 spiro atoms. The number of methoxy groups -OCH3 is 1. The molecule has 1 aliphatic rings. The van der Waals surface area contributed by atoms with E-state index in [4.69, 9.17) is 4.74 Å². The lowest BCUT2D eigenvalue weighted by atomic mass is 10.1. The van der Waals surface area contributed by atoms with Gasteiger partial charge in [-0.1, -0.05) is 12.1 Å². The van der Waals surface area contributed by atoms with Crippen molar-refractivity contribution in [2.24, 2.45) is 0 Å². The van der Waals surface area contributed by atoms with E-state index in [-0.39, 0.29) is 11.9 Å². The van der Waals surface area contributed by atoms with Gasteiger partial charge in [0.1, 0.15) is 17.3 Å². The van der Waals surface area contributed by atoms with Gasteiger partial charge in [-0.25, -0.2) is 4.39 Å². The van der Waals surface area contributed by atoms with Gasteiger partial charge in [-0.05, 0) is 42.2 Å². The number of anilines is 1. The van der Waals surface area contributed by atoms with E-state index >= 15 is 0 Å². The van der Waals surface area contributed by atoms with Crippen LogP contribution < -0.4 is 10.1 Å². The third-order valence-corrected chi connectivity index (χ3v) is 3.74. The number of nitrogens with one attached hydrogen (secondary N) is 1. The SMILES string of the molecule is COc1cc(F)ccc1NC1CCc2c(O)cccc21. The molecule has 0 fully saturated rings. The van der Waals surface area contributed by atoms with E-state index in [1.807, 2.05) is 12.1 Å². The summed E-state index contributed by atoms with van der Waals surface area (Å²) in [5.41, 5.74) is 2.84. The monoisotopic (exact) mass is 273 g/mol. The number of ether oxygens (including phenoxy) is 1. The molecule has 4 heteroatoms. The minimum absolute atomic E-state index is 0.108. The Balaban J connectivity index is 1.89. The van der Waals surface area contributed by atoms with Crippen molar-refractivity contribution < 1.29 is 14.2 Å². The fraction of sp³-hybridized carbons (Fsp3) is 0.250. The van der Waals surface area contributed by atoms with E-state index in [0.29, 0.717) is 11.5 Å². The highest BCUT2D eigenvalue weighted by molar-refractivity contribution is 5.59. The van der Waals surface area contributed by atoms with E-state index in [2.05, 4.69) is 5.32 Å². The molecule has 0 saturated carbocycles. The maximum absolute atomic E-state index is 13.2. The van der Waals surface area contributed by atoms with Crippen LogP contribution in [-0.2, 0) is 6.42 Å². The molecule has 1 aliphatic carbocycles. The second-order valence-corrected chi connectivity index (χ2v) is 4.93. The number of hydrogen-bond acceptors (Lipinski definition) is 3. The van der Waals surface area contributed by atoms with Crippen molar-refractivity contribution in [3.8, 4) is 11.5 Å². The van der Waals surface area contributed by atoms with Crippen molar-refractivity contribution in [2.75, 3.05) is 12.4 Å². The van der Waals surface area contributed by atoms with Gasteiger partial charge in [-0.3, -0.25) is 0 Å². The van der Waals surface area contributed by atoms with Crippen LogP contribution in [0.5, 0.6) is 11.5 Å². The quantitative estimate of drug-likeness (QED) is 0.897. The molecule has 0 heterocycles. The molecule has 0 amide bonds. The smallest absolute Gasteiger partial charge is 0.144 e. The summed E-state index contributed by atoms with van der Waals surface area (Å²) in [7, 11) is 1.52. The first kappa shape index (κ1) is 12.8. The minimum atomic E-state index is -0.322. The van der Waals surface area contributed by atoms with Gasteiger partial charge in [-0.15, -0.1) is 0 Å². The van der Waals surface area contributed by atoms with E-state index in [1.165, 1.54) is 19.2 Å². The number of fused-ring (bicyclic) bond motifs is 1. The molecular formula is C16H16FNO2. The Morgan fingerprint density at radius 3 is 2.95 bits per heavy atom. The van der Waals surface area contributed by atoms with Crippen molar-refractivity contribution in [3.05, 3.63) is 53.3 Å². The molecule has 0 aromatic heterocycles. The third-order valence-electron chi connectivity index (χ3n) is 3.74. The van der Waals surface area contributed by atoms with Crippen molar-refractivity contribution >= 4 is 5.69 Å². The number of phenols is 1. The average Bonchev–Trinajstić information content (AvgIpc) is 2.85. The maximum Gasteiger partial charge on any atom is 0.144 e. The van der Waals surface area contributed by atoms with Gasteiger partial charge in [0.2, 0.25) is 0 Å². The predicted octanol–water partition coefficient (Wildman–Crippen LogP) is 3.64. The first-order valence-electron chi connectivity index (χ1n) is 6.60. The third kappa shape index (κ3) is 2.18. The summed E-state index contributed by atoms with van der Waals surface area (Å²) in [6.07, 6.45) is 1.73. The molecular weight excluding hydrogens is 257 g/mol. The van der Waals surface area contributed by atoms with Crippen LogP contribution in [0.2, 0.25) is 0 Å². The van der Waals surface area contributed by atoms with E-state index in [0.717, 1.165) is 29.7 Å². The standard InChI is InChI=1S/C16H16FNO2/c1-20-16-9-10(17)5-7-14(16)18-13-8-6-12-11(13)3-2-4-15(12)19/h2-5,7,9,13,18-19H,6,8H2,1H3. The molecule has 1 atom stereocenters. The van der Waals surface area contributed by atoms with Crippen LogP contribution in [-0.4, -0.2) is 12.2 Å². The van der Waals surface area contributed by atoms with Gasteiger partial charge in [0.05, 0.1) is 18.8 Å². The molecule has 104 valence electrons. The number of phenolic OH excluding ortho intramolecular Hbond substituents is 1. The molecule has 0 radical (unpaired) electrons. The van der Waals surface area contributed by atoms with Gasteiger partial charge < -0.3 is 15.2 Å². The summed E-state index contributed by atoms with van der Waals surface area (Å²) in [5.74, 6) is 0.508. The highest BCUT2D eigenvalue weighted by atomic mass is 19.1. The van der Waals surface area contributed by atoms with Crippen molar-refractivity contribution in [1.82, 2.24) is 0 Å². The zero-order valence-corrected chi connectivity index (χ0v) is 11.2. The van der Waals surface area contributed by atoms with Crippen LogP contribution in [0.25, 0.3) is 0 Å². The number of hydrogen-bond donors (Lipinski definition) is 2. The van der Waals surface area contributed by atoms with Gasteiger partial charge in [-0.2, -0.15) is 0 Å². The zero-order chi connectivity index (χ0) is 14.1. The summed E-state index contributed by atoms with van der Waals surface area (Å²) >= 11 is 0. The molecule has 0 bridgehead atoms. The summed E-state index contributed by atoms with van der Waals surface area (Å²) in [4.78, 5) is 0. The van der Waals surface area contributed by atoms with Gasteiger partial charge >= 0.3 is 0 Å². The first-order valence-corrected chi connectivity index (χ1v) is 6.60. The predicted molar refractivity (Wildman–Crippen MR) is 75.7 cm³/mol. The minimum Gasteiger partial charge on any atom is -0.508 e. The van der Waals surface area contributed by atoms with Gasteiger partial charge in [0.25, 0.3) is 0 Å². The highest BCUT2D eigenvalue weighted by Crippen LogP contribution is 2.39. The Hall–Kier alpha value is -2.23. The van der Waals surface area contributed by atoms with Crippen LogP contribution in [0.3, 0.4) is 0 Å². The van der Waals surface area contributed by atoms with Crippen LogP contribution >= 0.6 is 0 Å². The van der Waals surface area contributed by atoms with E-state index < -0.39 is 0 Å². The maximum atomic E-state index is 13.2. The molecule has 2 N–H and O–H groups in total. The average molecular weight is 273 g/mol. The van der Waals surface area contributed by atoms with Gasteiger partial charge in [0.15, 0.2) is 0 Å². The summed E-state index contributed by atoms with van der Waals surface area (Å²) in [6, 6.07) is 10.1. The van der Waals surface area contributed by atoms with Crippen LogP contribution in [0.4, 0.5) is 10.1 Å². The van der Waals surface area contributed by atoms with Crippen molar-refractivity contribution in [3.63, 3.8) is 0 Å². The Kier molecular flexibility index (Phi) is 3.22. The van der Waals surface area contributed by atoms with Crippen LogP contribution in [0, 0.1) is 5.82 Å². The second-order valence-electron chi connectivity index (χ2n) is 4.93. The molecule has 0 saturated heterocycles. The van der Waals surface area contributed by atoms with Gasteiger partial charge in [0, 0.05) is 6.07 Å². The lowest BCUT2D eigenvalue weighted by molar-refractivity contribution is 0.412. The molecule has 0 aliphatic heterocycles. The van der Waals surface area contributed by atoms with Crippen molar-refractivity contribution in [1.29, 1.82) is 0 Å². The fourth-order valence-electron chi connectivity index (χ4n) is 2.76. The topological polar surface area (TPSA) is 41.5 Å². The molecule has 1 unspecified atom stereocenters. The Morgan fingerprint density at radius 1 is 1.30 bits per heavy atom. The normalized spacial score (nSPS) is 16.8. The molecule has 2 aromatic rings. The summed E-state index contributed by atoms with van der Waals surface area (Å²) in [5, 5.41) is 13.2. The summed E-state index contributed by atoms with van der Waals surface area (Å²) in [6.45, 7) is 0. The Morgan fingerprint density at radius 2 is 2.15 bits per heavy atom. The lowest BCUT2D eigenvalue weighted by Crippen LogP contribution is -2.08. The lowest BCUT2D eigenvalue weighted by Gasteiger charge is -2.18. The molecule has 20 heavy (non-hydrogen) atoms. The number of aromatic hydroxyl groups is 1. The molecule has 2 aromatic carbocycles. The Bertz CT molecular complexity index is 642. The number of benzene rings is 2. The zero-order valence-electron chi connectivity index (χ0n) is 11.2. The summed E-state index contributed by atoms with van der Waals surface area (Å²) < 4.78 is 18.4. The number of rotatable bonds is 3. The van der Waals surface area contributed by atoms with E-state index in [9.17, 15) is 9.50 Å². The molecule has 3 rings (SSSR count).